The van der Waals surface area contributed by atoms with Gasteiger partial charge in [0, 0.05) is 17.7 Å². The average molecular weight is 300 g/mol. The third kappa shape index (κ3) is 3.38. The zero-order chi connectivity index (χ0) is 16.1. The second-order valence-electron chi connectivity index (χ2n) is 4.70. The van der Waals surface area contributed by atoms with Gasteiger partial charge in [-0.25, -0.2) is 4.39 Å². The van der Waals surface area contributed by atoms with Crippen molar-refractivity contribution in [1.82, 2.24) is 0 Å². The van der Waals surface area contributed by atoms with E-state index in [0.29, 0.717) is 17.7 Å². The van der Waals surface area contributed by atoms with Gasteiger partial charge in [0.1, 0.15) is 11.6 Å². The van der Waals surface area contributed by atoms with Crippen molar-refractivity contribution in [1.29, 1.82) is 5.26 Å². The standard InChI is InChI=1S/C16H13FN2O3/c1-22-16-7-4-13(17)9-15(16)12(10-18)8-11-2-5-14(6-3-11)19(20)21/h2-7,9,12H,8H2,1H3. The van der Waals surface area contributed by atoms with Crippen LogP contribution in [0, 0.1) is 27.3 Å². The van der Waals surface area contributed by atoms with Gasteiger partial charge in [-0.2, -0.15) is 5.26 Å². The molecule has 0 aromatic heterocycles. The predicted octanol–water partition coefficient (Wildman–Crippen LogP) is 3.59. The molecule has 0 aliphatic heterocycles. The first kappa shape index (κ1) is 15.4. The lowest BCUT2D eigenvalue weighted by Gasteiger charge is -2.14. The van der Waals surface area contributed by atoms with E-state index < -0.39 is 16.7 Å². The minimum absolute atomic E-state index is 0.0133. The molecule has 0 aliphatic carbocycles. The number of methoxy groups -OCH3 is 1. The number of non-ortho nitro benzene ring substituents is 1. The lowest BCUT2D eigenvalue weighted by atomic mass is 9.92. The summed E-state index contributed by atoms with van der Waals surface area (Å²) in [6.07, 6.45) is 0.314. The molecule has 0 aliphatic rings. The molecule has 0 saturated heterocycles. The Labute approximate surface area is 126 Å². The van der Waals surface area contributed by atoms with Crippen LogP contribution in [0.25, 0.3) is 0 Å². The number of nitrogens with zero attached hydrogens (tertiary/aromatic N) is 2. The molecular formula is C16H13FN2O3. The third-order valence-corrected chi connectivity index (χ3v) is 3.31. The molecule has 6 heteroatoms. The number of ether oxygens (including phenoxy) is 1. The van der Waals surface area contributed by atoms with E-state index in [9.17, 15) is 19.8 Å². The number of rotatable bonds is 5. The summed E-state index contributed by atoms with van der Waals surface area (Å²) in [6.45, 7) is 0. The van der Waals surface area contributed by atoms with Crippen molar-refractivity contribution in [3.05, 3.63) is 69.5 Å². The summed E-state index contributed by atoms with van der Waals surface area (Å²) in [4.78, 5) is 10.1. The number of halogens is 1. The minimum atomic E-state index is -0.605. The Balaban J connectivity index is 2.28. The number of hydrogen-bond donors (Lipinski definition) is 0. The molecule has 0 spiro atoms. The highest BCUT2D eigenvalue weighted by Crippen LogP contribution is 2.30. The Morgan fingerprint density at radius 3 is 2.55 bits per heavy atom. The van der Waals surface area contributed by atoms with E-state index >= 15 is 0 Å². The van der Waals surface area contributed by atoms with Crippen LogP contribution in [0.3, 0.4) is 0 Å². The van der Waals surface area contributed by atoms with Gasteiger partial charge in [-0.1, -0.05) is 12.1 Å². The lowest BCUT2D eigenvalue weighted by molar-refractivity contribution is -0.384. The molecule has 0 bridgehead atoms. The normalized spacial score (nSPS) is 11.5. The average Bonchev–Trinajstić information content (AvgIpc) is 2.53. The van der Waals surface area contributed by atoms with Crippen LogP contribution in [0.1, 0.15) is 17.0 Å². The SMILES string of the molecule is COc1ccc(F)cc1C(C#N)Cc1ccc([N+](=O)[O-])cc1. The third-order valence-electron chi connectivity index (χ3n) is 3.31. The summed E-state index contributed by atoms with van der Waals surface area (Å²) in [5.74, 6) is -0.610. The molecule has 112 valence electrons. The summed E-state index contributed by atoms with van der Waals surface area (Å²) in [5, 5.41) is 20.0. The summed E-state index contributed by atoms with van der Waals surface area (Å²) >= 11 is 0. The first-order valence-electron chi connectivity index (χ1n) is 6.51. The van der Waals surface area contributed by atoms with Gasteiger partial charge >= 0.3 is 0 Å². The van der Waals surface area contributed by atoms with Gasteiger partial charge in [0.2, 0.25) is 0 Å². The van der Waals surface area contributed by atoms with E-state index in [4.69, 9.17) is 4.74 Å². The highest BCUT2D eigenvalue weighted by atomic mass is 19.1. The van der Waals surface area contributed by atoms with Crippen molar-refractivity contribution in [3.8, 4) is 11.8 Å². The molecule has 1 atom stereocenters. The maximum Gasteiger partial charge on any atom is 0.269 e. The molecule has 0 heterocycles. The largest absolute Gasteiger partial charge is 0.496 e. The topological polar surface area (TPSA) is 76.2 Å². The molecule has 2 aromatic rings. The Kier molecular flexibility index (Phi) is 4.69. The number of nitriles is 1. The van der Waals surface area contributed by atoms with E-state index in [2.05, 4.69) is 6.07 Å². The highest BCUT2D eigenvalue weighted by molar-refractivity contribution is 5.41. The lowest BCUT2D eigenvalue weighted by Crippen LogP contribution is -2.04. The first-order valence-corrected chi connectivity index (χ1v) is 6.51. The molecular weight excluding hydrogens is 287 g/mol. The van der Waals surface area contributed by atoms with E-state index in [1.807, 2.05) is 0 Å². The molecule has 0 radical (unpaired) electrons. The molecule has 0 N–H and O–H groups in total. The maximum atomic E-state index is 13.4. The molecule has 0 saturated carbocycles. The molecule has 1 unspecified atom stereocenters. The Morgan fingerprint density at radius 2 is 2.00 bits per heavy atom. The summed E-state index contributed by atoms with van der Waals surface area (Å²) < 4.78 is 18.6. The number of nitro groups is 1. The minimum Gasteiger partial charge on any atom is -0.496 e. The summed E-state index contributed by atoms with van der Waals surface area (Å²) in [5.41, 5.74) is 1.20. The Morgan fingerprint density at radius 1 is 1.32 bits per heavy atom. The van der Waals surface area contributed by atoms with Crippen LogP contribution in [0.2, 0.25) is 0 Å². The van der Waals surface area contributed by atoms with Gasteiger partial charge in [0.25, 0.3) is 5.69 Å². The smallest absolute Gasteiger partial charge is 0.269 e. The van der Waals surface area contributed by atoms with Gasteiger partial charge in [-0.3, -0.25) is 10.1 Å². The van der Waals surface area contributed by atoms with Crippen LogP contribution >= 0.6 is 0 Å². The van der Waals surface area contributed by atoms with E-state index in [1.54, 1.807) is 12.1 Å². The van der Waals surface area contributed by atoms with Crippen molar-refractivity contribution in [2.24, 2.45) is 0 Å². The van der Waals surface area contributed by atoms with Crippen molar-refractivity contribution >= 4 is 5.69 Å². The zero-order valence-electron chi connectivity index (χ0n) is 11.8. The molecule has 22 heavy (non-hydrogen) atoms. The molecule has 0 fully saturated rings. The zero-order valence-corrected chi connectivity index (χ0v) is 11.8. The maximum absolute atomic E-state index is 13.4. The van der Waals surface area contributed by atoms with Crippen molar-refractivity contribution in [3.63, 3.8) is 0 Å². The Bertz CT molecular complexity index is 723. The van der Waals surface area contributed by atoms with Crippen molar-refractivity contribution < 1.29 is 14.1 Å². The summed E-state index contributed by atoms with van der Waals surface area (Å²) in [6, 6.07) is 12.1. The van der Waals surface area contributed by atoms with Gasteiger partial charge in [0.05, 0.1) is 24.0 Å². The van der Waals surface area contributed by atoms with E-state index in [-0.39, 0.29) is 5.69 Å². The first-order chi connectivity index (χ1) is 10.5. The predicted molar refractivity (Wildman–Crippen MR) is 78.1 cm³/mol. The van der Waals surface area contributed by atoms with Gasteiger partial charge < -0.3 is 4.74 Å². The van der Waals surface area contributed by atoms with E-state index in [0.717, 1.165) is 5.56 Å². The van der Waals surface area contributed by atoms with Crippen LogP contribution in [0.15, 0.2) is 42.5 Å². The van der Waals surface area contributed by atoms with Crippen LogP contribution in [-0.4, -0.2) is 12.0 Å². The highest BCUT2D eigenvalue weighted by Gasteiger charge is 2.18. The van der Waals surface area contributed by atoms with Crippen LogP contribution < -0.4 is 4.74 Å². The van der Waals surface area contributed by atoms with Crippen LogP contribution in [-0.2, 0) is 6.42 Å². The Hall–Kier alpha value is -2.94. The van der Waals surface area contributed by atoms with Gasteiger partial charge in [0.15, 0.2) is 0 Å². The molecule has 2 aromatic carbocycles. The van der Waals surface area contributed by atoms with Crippen molar-refractivity contribution in [2.45, 2.75) is 12.3 Å². The molecule has 2 rings (SSSR count). The van der Waals surface area contributed by atoms with Gasteiger partial charge in [-0.15, -0.1) is 0 Å². The monoisotopic (exact) mass is 300 g/mol. The second-order valence-corrected chi connectivity index (χ2v) is 4.70. The number of benzene rings is 2. The fourth-order valence-electron chi connectivity index (χ4n) is 2.19. The van der Waals surface area contributed by atoms with Crippen LogP contribution in [0.5, 0.6) is 5.75 Å². The summed E-state index contributed by atoms with van der Waals surface area (Å²) in [7, 11) is 1.46. The molecule has 5 nitrogen and oxygen atoms in total. The molecule has 0 amide bonds. The van der Waals surface area contributed by atoms with Crippen molar-refractivity contribution in [2.75, 3.05) is 7.11 Å². The quantitative estimate of drug-likeness (QED) is 0.624. The fourth-order valence-corrected chi connectivity index (χ4v) is 2.19. The number of nitro benzene ring substituents is 1. The van der Waals surface area contributed by atoms with E-state index in [1.165, 1.54) is 37.4 Å². The van der Waals surface area contributed by atoms with Crippen LogP contribution in [0.4, 0.5) is 10.1 Å². The number of hydrogen-bond acceptors (Lipinski definition) is 4. The van der Waals surface area contributed by atoms with Gasteiger partial charge in [-0.05, 0) is 30.2 Å². The second kappa shape index (κ2) is 6.68. The fraction of sp³-hybridized carbons (Fsp3) is 0.188.